The maximum absolute atomic E-state index is 13.0. The highest BCUT2D eigenvalue weighted by atomic mass is 32.2. The third-order valence-corrected chi connectivity index (χ3v) is 7.74. The van der Waals surface area contributed by atoms with Gasteiger partial charge in [-0.05, 0) is 62.4 Å². The standard InChI is InChI=1S/C24H30N2O5S/c1-17-11-12-20(15-18(17)2)19(3)25-23(27)16-31-24(28)21-9-5-6-10-22(21)32(29,30)26-13-7-4-8-14-26/h5-6,9-12,15,19H,4,7-8,13-14,16H2,1-3H3,(H,25,27). The van der Waals surface area contributed by atoms with Gasteiger partial charge in [-0.3, -0.25) is 4.79 Å². The first kappa shape index (κ1) is 23.9. The highest BCUT2D eigenvalue weighted by Gasteiger charge is 2.30. The molecule has 2 aromatic rings. The molecule has 0 aliphatic carbocycles. The Morgan fingerprint density at radius 2 is 1.72 bits per heavy atom. The van der Waals surface area contributed by atoms with E-state index in [1.54, 1.807) is 12.1 Å². The monoisotopic (exact) mass is 458 g/mol. The number of aryl methyl sites for hydroxylation is 2. The van der Waals surface area contributed by atoms with E-state index in [2.05, 4.69) is 5.32 Å². The highest BCUT2D eigenvalue weighted by Crippen LogP contribution is 2.24. The van der Waals surface area contributed by atoms with Crippen molar-refractivity contribution in [3.05, 3.63) is 64.7 Å². The Balaban J connectivity index is 1.65. The van der Waals surface area contributed by atoms with Crippen LogP contribution in [0.4, 0.5) is 0 Å². The molecule has 7 nitrogen and oxygen atoms in total. The van der Waals surface area contributed by atoms with Gasteiger partial charge in [-0.2, -0.15) is 4.31 Å². The molecule has 1 fully saturated rings. The summed E-state index contributed by atoms with van der Waals surface area (Å²) in [6.45, 7) is 6.25. The Morgan fingerprint density at radius 3 is 2.41 bits per heavy atom. The Morgan fingerprint density at radius 1 is 1.03 bits per heavy atom. The minimum Gasteiger partial charge on any atom is -0.452 e. The fourth-order valence-corrected chi connectivity index (χ4v) is 5.41. The molecule has 1 heterocycles. The molecule has 8 heteroatoms. The van der Waals surface area contributed by atoms with Gasteiger partial charge in [0.25, 0.3) is 5.91 Å². The van der Waals surface area contributed by atoms with E-state index in [1.807, 2.05) is 39.0 Å². The van der Waals surface area contributed by atoms with E-state index in [1.165, 1.54) is 22.0 Å². The van der Waals surface area contributed by atoms with E-state index >= 15 is 0 Å². The summed E-state index contributed by atoms with van der Waals surface area (Å²) in [4.78, 5) is 24.9. The van der Waals surface area contributed by atoms with Crippen LogP contribution in [0, 0.1) is 13.8 Å². The predicted octanol–water partition coefficient (Wildman–Crippen LogP) is 3.51. The topological polar surface area (TPSA) is 92.8 Å². The molecule has 1 amide bonds. The first-order chi connectivity index (χ1) is 15.2. The molecule has 32 heavy (non-hydrogen) atoms. The van der Waals surface area contributed by atoms with Crippen LogP contribution in [0.25, 0.3) is 0 Å². The minimum atomic E-state index is -3.81. The van der Waals surface area contributed by atoms with Gasteiger partial charge in [-0.15, -0.1) is 0 Å². The van der Waals surface area contributed by atoms with Crippen LogP contribution < -0.4 is 5.32 Å². The number of carbonyl (C=O) groups excluding carboxylic acids is 2. The number of hydrogen-bond acceptors (Lipinski definition) is 5. The maximum atomic E-state index is 13.0. The number of nitrogens with zero attached hydrogens (tertiary/aromatic N) is 1. The van der Waals surface area contributed by atoms with Crippen LogP contribution in [-0.4, -0.2) is 44.3 Å². The van der Waals surface area contributed by atoms with Crippen molar-refractivity contribution in [2.75, 3.05) is 19.7 Å². The SMILES string of the molecule is Cc1ccc(C(C)NC(=O)COC(=O)c2ccccc2S(=O)(=O)N2CCCCC2)cc1C. The zero-order valence-corrected chi connectivity index (χ0v) is 19.6. The van der Waals surface area contributed by atoms with Crippen LogP contribution in [0.3, 0.4) is 0 Å². The summed E-state index contributed by atoms with van der Waals surface area (Å²) in [5.41, 5.74) is 3.18. The van der Waals surface area contributed by atoms with Gasteiger partial charge in [0.15, 0.2) is 6.61 Å². The van der Waals surface area contributed by atoms with E-state index in [0.717, 1.165) is 30.4 Å². The first-order valence-electron chi connectivity index (χ1n) is 10.8. The third-order valence-electron chi connectivity index (χ3n) is 5.78. The second-order valence-electron chi connectivity index (χ2n) is 8.17. The fraction of sp³-hybridized carbons (Fsp3) is 0.417. The van der Waals surface area contributed by atoms with Crippen molar-refractivity contribution < 1.29 is 22.7 Å². The summed E-state index contributed by atoms with van der Waals surface area (Å²) in [6, 6.07) is 11.7. The lowest BCUT2D eigenvalue weighted by Gasteiger charge is -2.26. The van der Waals surface area contributed by atoms with Crippen molar-refractivity contribution in [3.8, 4) is 0 Å². The van der Waals surface area contributed by atoms with Crippen molar-refractivity contribution in [2.45, 2.75) is 51.0 Å². The molecule has 0 aromatic heterocycles. The van der Waals surface area contributed by atoms with Crippen LogP contribution in [0.1, 0.15) is 59.3 Å². The van der Waals surface area contributed by atoms with Crippen LogP contribution in [-0.2, 0) is 19.6 Å². The van der Waals surface area contributed by atoms with Gasteiger partial charge in [0, 0.05) is 13.1 Å². The zero-order valence-electron chi connectivity index (χ0n) is 18.8. The van der Waals surface area contributed by atoms with E-state index in [-0.39, 0.29) is 16.5 Å². The number of ether oxygens (including phenoxy) is 1. The molecule has 3 rings (SSSR count). The van der Waals surface area contributed by atoms with E-state index in [0.29, 0.717) is 13.1 Å². The van der Waals surface area contributed by atoms with Gasteiger partial charge in [0.1, 0.15) is 0 Å². The van der Waals surface area contributed by atoms with E-state index in [4.69, 9.17) is 4.74 Å². The van der Waals surface area contributed by atoms with Crippen molar-refractivity contribution in [1.29, 1.82) is 0 Å². The Hall–Kier alpha value is -2.71. The number of esters is 1. The summed E-state index contributed by atoms with van der Waals surface area (Å²) in [5, 5.41) is 2.80. The number of hydrogen-bond donors (Lipinski definition) is 1. The zero-order chi connectivity index (χ0) is 23.3. The number of sulfonamides is 1. The molecular formula is C24H30N2O5S. The summed E-state index contributed by atoms with van der Waals surface area (Å²) in [7, 11) is -3.81. The average molecular weight is 459 g/mol. The molecule has 1 aliphatic rings. The van der Waals surface area contributed by atoms with Gasteiger partial charge in [-0.25, -0.2) is 13.2 Å². The second-order valence-corrected chi connectivity index (χ2v) is 10.1. The van der Waals surface area contributed by atoms with Gasteiger partial charge >= 0.3 is 5.97 Å². The average Bonchev–Trinajstić information content (AvgIpc) is 2.79. The molecule has 0 radical (unpaired) electrons. The maximum Gasteiger partial charge on any atom is 0.340 e. The van der Waals surface area contributed by atoms with E-state index in [9.17, 15) is 18.0 Å². The summed E-state index contributed by atoms with van der Waals surface area (Å²) in [6.07, 6.45) is 2.58. The van der Waals surface area contributed by atoms with Crippen LogP contribution in [0.2, 0.25) is 0 Å². The molecule has 1 N–H and O–H groups in total. The van der Waals surface area contributed by atoms with Crippen molar-refractivity contribution in [1.82, 2.24) is 9.62 Å². The van der Waals surface area contributed by atoms with Crippen LogP contribution in [0.15, 0.2) is 47.4 Å². The fourth-order valence-electron chi connectivity index (χ4n) is 3.71. The Kier molecular flexibility index (Phi) is 7.69. The lowest BCUT2D eigenvalue weighted by Crippen LogP contribution is -2.36. The molecular weight excluding hydrogens is 428 g/mol. The lowest BCUT2D eigenvalue weighted by atomic mass is 10.0. The van der Waals surface area contributed by atoms with Crippen LogP contribution in [0.5, 0.6) is 0 Å². The number of rotatable bonds is 7. The summed E-state index contributed by atoms with van der Waals surface area (Å²) < 4.78 is 32.6. The molecule has 2 aromatic carbocycles. The number of amides is 1. The molecule has 0 bridgehead atoms. The smallest absolute Gasteiger partial charge is 0.340 e. The van der Waals surface area contributed by atoms with E-state index < -0.39 is 28.5 Å². The largest absolute Gasteiger partial charge is 0.452 e. The molecule has 0 saturated carbocycles. The molecule has 1 aliphatic heterocycles. The van der Waals surface area contributed by atoms with Gasteiger partial charge in [-0.1, -0.05) is 36.8 Å². The second kappa shape index (κ2) is 10.3. The van der Waals surface area contributed by atoms with Crippen molar-refractivity contribution in [3.63, 3.8) is 0 Å². The number of nitrogens with one attached hydrogen (secondary N) is 1. The molecule has 172 valence electrons. The normalized spacial score (nSPS) is 15.7. The van der Waals surface area contributed by atoms with Gasteiger partial charge in [0.2, 0.25) is 10.0 Å². The third kappa shape index (κ3) is 5.55. The van der Waals surface area contributed by atoms with Crippen LogP contribution >= 0.6 is 0 Å². The first-order valence-corrected chi connectivity index (χ1v) is 12.3. The molecule has 1 unspecified atom stereocenters. The molecule has 1 saturated heterocycles. The lowest BCUT2D eigenvalue weighted by molar-refractivity contribution is -0.124. The van der Waals surface area contributed by atoms with Gasteiger partial charge in [0.05, 0.1) is 16.5 Å². The summed E-state index contributed by atoms with van der Waals surface area (Å²) in [5.74, 6) is -1.30. The van der Waals surface area contributed by atoms with Gasteiger partial charge < -0.3 is 10.1 Å². The Labute approximate surface area is 189 Å². The molecule has 1 atom stereocenters. The van der Waals surface area contributed by atoms with Crippen molar-refractivity contribution >= 4 is 21.9 Å². The molecule has 0 spiro atoms. The summed E-state index contributed by atoms with van der Waals surface area (Å²) >= 11 is 0. The Bertz CT molecular complexity index is 1090. The number of benzene rings is 2. The minimum absolute atomic E-state index is 0.0620. The predicted molar refractivity (Wildman–Crippen MR) is 122 cm³/mol. The quantitative estimate of drug-likeness (QED) is 0.641. The number of piperidine rings is 1. The number of carbonyl (C=O) groups is 2. The highest BCUT2D eigenvalue weighted by molar-refractivity contribution is 7.89. The van der Waals surface area contributed by atoms with Crippen molar-refractivity contribution in [2.24, 2.45) is 0 Å².